The Bertz CT molecular complexity index is 163. The Balaban J connectivity index is 3.46. The molecule has 0 amide bonds. The first-order valence-electron chi connectivity index (χ1n) is 3.44. The summed E-state index contributed by atoms with van der Waals surface area (Å²) in [6.45, 7) is 3.48. The van der Waals surface area contributed by atoms with Gasteiger partial charge < -0.3 is 10.8 Å². The summed E-state index contributed by atoms with van der Waals surface area (Å²) in [6, 6.07) is -0.746. The number of hydrogen-bond donors (Lipinski definition) is 2. The highest BCUT2D eigenvalue weighted by Gasteiger charge is 2.08. The molecule has 0 rings (SSSR count). The molecular weight excluding hydrogens is 142 g/mol. The van der Waals surface area contributed by atoms with Gasteiger partial charge in [-0.15, -0.1) is 0 Å². The number of carboxylic acid groups (broad SMARTS) is 1. The van der Waals surface area contributed by atoms with Crippen LogP contribution in [0.3, 0.4) is 0 Å². The monoisotopic (exact) mass is 155 g/mol. The summed E-state index contributed by atoms with van der Waals surface area (Å²) in [6.07, 6.45) is 6.41. The van der Waals surface area contributed by atoms with Crippen LogP contribution in [0.2, 0.25) is 0 Å². The summed E-state index contributed by atoms with van der Waals surface area (Å²) in [4.78, 5) is 10.2. The number of carboxylic acids is 1. The fourth-order valence-corrected chi connectivity index (χ4v) is 0.592. The van der Waals surface area contributed by atoms with Gasteiger partial charge in [0.15, 0.2) is 0 Å². The van der Waals surface area contributed by atoms with Crippen molar-refractivity contribution < 1.29 is 9.90 Å². The fraction of sp³-hybridized carbons (Fsp3) is 0.375. The molecule has 0 heterocycles. The van der Waals surface area contributed by atoms with Crippen LogP contribution in [0, 0.1) is 0 Å². The minimum atomic E-state index is -0.947. The number of allylic oxidation sites excluding steroid dienone is 3. The maximum atomic E-state index is 10.2. The Morgan fingerprint density at radius 2 is 2.36 bits per heavy atom. The lowest BCUT2D eigenvalue weighted by atomic mass is 10.1. The van der Waals surface area contributed by atoms with Gasteiger partial charge in [0, 0.05) is 0 Å². The number of rotatable bonds is 5. The molecule has 0 aromatic rings. The first-order chi connectivity index (χ1) is 5.18. The number of nitrogens with two attached hydrogens (primary N) is 1. The summed E-state index contributed by atoms with van der Waals surface area (Å²) < 4.78 is 0. The second-order valence-electron chi connectivity index (χ2n) is 2.19. The molecular formula is C8H13NO2. The Morgan fingerprint density at radius 3 is 2.82 bits per heavy atom. The van der Waals surface area contributed by atoms with Gasteiger partial charge in [-0.1, -0.05) is 24.8 Å². The molecule has 3 N–H and O–H groups in total. The lowest BCUT2D eigenvalue weighted by Gasteiger charge is -2.01. The van der Waals surface area contributed by atoms with Crippen molar-refractivity contribution in [2.75, 3.05) is 0 Å². The first-order valence-corrected chi connectivity index (χ1v) is 3.44. The third-order valence-corrected chi connectivity index (χ3v) is 1.23. The van der Waals surface area contributed by atoms with Crippen LogP contribution in [0.25, 0.3) is 0 Å². The van der Waals surface area contributed by atoms with Crippen molar-refractivity contribution in [1.29, 1.82) is 0 Å². The number of aliphatic carboxylic acids is 1. The summed E-state index contributed by atoms with van der Waals surface area (Å²) in [7, 11) is 0. The molecule has 1 atom stereocenters. The smallest absolute Gasteiger partial charge is 0.320 e. The van der Waals surface area contributed by atoms with E-state index in [1.807, 2.05) is 6.08 Å². The molecule has 0 aliphatic carbocycles. The summed E-state index contributed by atoms with van der Waals surface area (Å²) >= 11 is 0. The molecule has 0 fully saturated rings. The highest BCUT2D eigenvalue weighted by molar-refractivity contribution is 5.72. The van der Waals surface area contributed by atoms with E-state index < -0.39 is 12.0 Å². The summed E-state index contributed by atoms with van der Waals surface area (Å²) in [5, 5.41) is 8.37. The molecule has 0 saturated heterocycles. The van der Waals surface area contributed by atoms with E-state index >= 15 is 0 Å². The highest BCUT2D eigenvalue weighted by atomic mass is 16.4. The fourth-order valence-electron chi connectivity index (χ4n) is 0.592. The first kappa shape index (κ1) is 9.91. The van der Waals surface area contributed by atoms with Crippen molar-refractivity contribution in [2.24, 2.45) is 5.73 Å². The largest absolute Gasteiger partial charge is 0.480 e. The maximum absolute atomic E-state index is 10.2. The second kappa shape index (κ2) is 5.68. The number of carbonyl (C=O) groups is 1. The summed E-state index contributed by atoms with van der Waals surface area (Å²) in [5.41, 5.74) is 5.24. The third kappa shape index (κ3) is 5.36. The quantitative estimate of drug-likeness (QED) is 0.580. The van der Waals surface area contributed by atoms with Crippen molar-refractivity contribution in [3.05, 3.63) is 24.8 Å². The van der Waals surface area contributed by atoms with E-state index in [-0.39, 0.29) is 0 Å². The van der Waals surface area contributed by atoms with Gasteiger partial charge in [0.2, 0.25) is 0 Å². The average Bonchev–Trinajstić information content (AvgIpc) is 1.97. The predicted molar refractivity (Wildman–Crippen MR) is 44.2 cm³/mol. The topological polar surface area (TPSA) is 63.3 Å². The normalized spacial score (nSPS) is 13.2. The van der Waals surface area contributed by atoms with E-state index in [0.717, 1.165) is 0 Å². The van der Waals surface area contributed by atoms with Crippen molar-refractivity contribution in [3.8, 4) is 0 Å². The Kier molecular flexibility index (Phi) is 5.11. The highest BCUT2D eigenvalue weighted by Crippen LogP contribution is 1.95. The van der Waals surface area contributed by atoms with Gasteiger partial charge in [-0.2, -0.15) is 0 Å². The zero-order valence-corrected chi connectivity index (χ0v) is 6.36. The van der Waals surface area contributed by atoms with Crippen LogP contribution in [0.15, 0.2) is 24.8 Å². The molecule has 0 radical (unpaired) electrons. The van der Waals surface area contributed by atoms with Crippen molar-refractivity contribution in [3.63, 3.8) is 0 Å². The minimum Gasteiger partial charge on any atom is -0.480 e. The SMILES string of the molecule is C=C/C=C/CC[C@@H](N)C(=O)O. The van der Waals surface area contributed by atoms with Gasteiger partial charge in [-0.3, -0.25) is 4.79 Å². The molecule has 0 aliphatic heterocycles. The van der Waals surface area contributed by atoms with Crippen LogP contribution in [0.4, 0.5) is 0 Å². The van der Waals surface area contributed by atoms with Gasteiger partial charge >= 0.3 is 5.97 Å². The molecule has 0 aliphatic rings. The lowest BCUT2D eigenvalue weighted by molar-refractivity contribution is -0.138. The molecule has 0 aromatic carbocycles. The molecule has 0 unspecified atom stereocenters. The molecule has 0 aromatic heterocycles. The second-order valence-corrected chi connectivity index (χ2v) is 2.19. The van der Waals surface area contributed by atoms with E-state index in [9.17, 15) is 4.79 Å². The van der Waals surface area contributed by atoms with Crippen LogP contribution >= 0.6 is 0 Å². The predicted octanol–water partition coefficient (Wildman–Crippen LogP) is 0.921. The molecule has 11 heavy (non-hydrogen) atoms. The zero-order chi connectivity index (χ0) is 8.69. The molecule has 0 saturated carbocycles. The van der Waals surface area contributed by atoms with Gasteiger partial charge in [-0.25, -0.2) is 0 Å². The third-order valence-electron chi connectivity index (χ3n) is 1.23. The van der Waals surface area contributed by atoms with Gasteiger partial charge in [-0.05, 0) is 12.8 Å². The molecule has 62 valence electrons. The molecule has 0 bridgehead atoms. The van der Waals surface area contributed by atoms with E-state index in [1.54, 1.807) is 12.2 Å². The summed E-state index contributed by atoms with van der Waals surface area (Å²) in [5.74, 6) is -0.947. The average molecular weight is 155 g/mol. The standard InChI is InChI=1S/C8H13NO2/c1-2-3-4-5-6-7(9)8(10)11/h2-4,7H,1,5-6,9H2,(H,10,11)/b4-3+/t7-/m1/s1. The van der Waals surface area contributed by atoms with Crippen LogP contribution in [0.1, 0.15) is 12.8 Å². The maximum Gasteiger partial charge on any atom is 0.320 e. The van der Waals surface area contributed by atoms with Gasteiger partial charge in [0.05, 0.1) is 0 Å². The minimum absolute atomic E-state index is 0.472. The van der Waals surface area contributed by atoms with Crippen molar-refractivity contribution >= 4 is 5.97 Å². The Hall–Kier alpha value is -1.09. The van der Waals surface area contributed by atoms with Gasteiger partial charge in [0.1, 0.15) is 6.04 Å². The van der Waals surface area contributed by atoms with E-state index in [2.05, 4.69) is 6.58 Å². The molecule has 0 spiro atoms. The van der Waals surface area contributed by atoms with E-state index in [1.165, 1.54) is 0 Å². The van der Waals surface area contributed by atoms with Crippen LogP contribution < -0.4 is 5.73 Å². The Labute approximate surface area is 66.2 Å². The van der Waals surface area contributed by atoms with Crippen molar-refractivity contribution in [1.82, 2.24) is 0 Å². The van der Waals surface area contributed by atoms with Gasteiger partial charge in [0.25, 0.3) is 0 Å². The van der Waals surface area contributed by atoms with Crippen LogP contribution in [0.5, 0.6) is 0 Å². The number of hydrogen-bond acceptors (Lipinski definition) is 2. The van der Waals surface area contributed by atoms with Crippen molar-refractivity contribution in [2.45, 2.75) is 18.9 Å². The van der Waals surface area contributed by atoms with E-state index in [4.69, 9.17) is 10.8 Å². The van der Waals surface area contributed by atoms with Crippen LogP contribution in [-0.4, -0.2) is 17.1 Å². The van der Waals surface area contributed by atoms with Crippen LogP contribution in [-0.2, 0) is 4.79 Å². The molecule has 3 nitrogen and oxygen atoms in total. The van der Waals surface area contributed by atoms with E-state index in [0.29, 0.717) is 12.8 Å². The lowest BCUT2D eigenvalue weighted by Crippen LogP contribution is -2.29. The molecule has 3 heteroatoms. The zero-order valence-electron chi connectivity index (χ0n) is 6.36. The Morgan fingerprint density at radius 1 is 1.73 bits per heavy atom.